The maximum atomic E-state index is 12.4. The Hall–Kier alpha value is -2.74. The molecule has 3 heterocycles. The summed E-state index contributed by atoms with van der Waals surface area (Å²) in [6, 6.07) is 7.52. The summed E-state index contributed by atoms with van der Waals surface area (Å²) in [6.07, 6.45) is 8.22. The minimum absolute atomic E-state index is 0.0892. The minimum atomic E-state index is -3.39. The van der Waals surface area contributed by atoms with Gasteiger partial charge in [-0.3, -0.25) is 9.52 Å². The van der Waals surface area contributed by atoms with E-state index in [0.717, 1.165) is 54.4 Å². The van der Waals surface area contributed by atoms with Crippen molar-refractivity contribution in [2.24, 2.45) is 7.05 Å². The van der Waals surface area contributed by atoms with Crippen molar-refractivity contribution >= 4 is 32.3 Å². The smallest absolute Gasteiger partial charge is 0.274 e. The normalized spacial score (nSPS) is 15.1. The number of aromatic amines is 1. The molecule has 1 fully saturated rings. The Morgan fingerprint density at radius 2 is 1.82 bits per heavy atom. The van der Waals surface area contributed by atoms with Gasteiger partial charge in [-0.1, -0.05) is 0 Å². The van der Waals surface area contributed by atoms with Crippen LogP contribution in [-0.2, 0) is 17.1 Å². The average Bonchev–Trinajstić information content (AvgIpc) is 3.14. The molecule has 0 amide bonds. The maximum absolute atomic E-state index is 12.4. The molecule has 2 N–H and O–H groups in total. The number of sulfonamides is 1. The fraction of sp³-hybridized carbons (Fsp3) is 0.350. The van der Waals surface area contributed by atoms with E-state index >= 15 is 0 Å². The fourth-order valence-corrected chi connectivity index (χ4v) is 4.48. The average molecular weight is 401 g/mol. The van der Waals surface area contributed by atoms with Gasteiger partial charge in [-0.15, -0.1) is 0 Å². The van der Waals surface area contributed by atoms with Crippen molar-refractivity contribution in [3.05, 3.63) is 47.0 Å². The highest BCUT2D eigenvalue weighted by Crippen LogP contribution is 2.37. The summed E-state index contributed by atoms with van der Waals surface area (Å²) in [7, 11) is -1.66. The Morgan fingerprint density at radius 1 is 1.07 bits per heavy atom. The molecule has 2 aromatic heterocycles. The standard InChI is InChI=1S/C20H24N4O3S/c1-23-13-17(15-8-9-21-19(15)20(23)25)16-12-14(22-28(2,26)27)6-7-18(16)24-10-4-3-5-11-24/h6-9,12-13,21-22H,3-5,10-11H2,1-2H3. The number of piperidine rings is 1. The van der Waals surface area contributed by atoms with Crippen molar-refractivity contribution in [3.8, 4) is 11.1 Å². The molecule has 7 nitrogen and oxygen atoms in total. The van der Waals surface area contributed by atoms with Crippen molar-refractivity contribution in [1.29, 1.82) is 0 Å². The Morgan fingerprint density at radius 3 is 2.54 bits per heavy atom. The van der Waals surface area contributed by atoms with E-state index in [1.54, 1.807) is 23.9 Å². The summed E-state index contributed by atoms with van der Waals surface area (Å²) in [4.78, 5) is 17.8. The molecule has 1 aliphatic heterocycles. The quantitative estimate of drug-likeness (QED) is 0.705. The summed E-state index contributed by atoms with van der Waals surface area (Å²) >= 11 is 0. The second-order valence-electron chi connectivity index (χ2n) is 7.38. The summed E-state index contributed by atoms with van der Waals surface area (Å²) in [6.45, 7) is 1.93. The first-order valence-corrected chi connectivity index (χ1v) is 11.3. The van der Waals surface area contributed by atoms with Gasteiger partial charge in [-0.25, -0.2) is 8.42 Å². The predicted octanol–water partition coefficient (Wildman–Crippen LogP) is 2.90. The molecular weight excluding hydrogens is 376 g/mol. The van der Waals surface area contributed by atoms with Crippen LogP contribution in [0.15, 0.2) is 41.5 Å². The number of aryl methyl sites for hydroxylation is 1. The molecule has 0 unspecified atom stereocenters. The zero-order valence-corrected chi connectivity index (χ0v) is 16.8. The summed E-state index contributed by atoms with van der Waals surface area (Å²) in [5.41, 5.74) is 3.84. The first kappa shape index (κ1) is 18.6. The van der Waals surface area contributed by atoms with Gasteiger partial charge in [0.1, 0.15) is 5.52 Å². The molecule has 1 saturated heterocycles. The number of hydrogen-bond donors (Lipinski definition) is 2. The highest BCUT2D eigenvalue weighted by Gasteiger charge is 2.19. The number of aromatic nitrogens is 2. The first-order chi connectivity index (χ1) is 13.3. The van der Waals surface area contributed by atoms with E-state index in [2.05, 4.69) is 14.6 Å². The van der Waals surface area contributed by atoms with E-state index in [1.807, 2.05) is 24.4 Å². The number of hydrogen-bond acceptors (Lipinski definition) is 4. The van der Waals surface area contributed by atoms with Crippen molar-refractivity contribution in [2.75, 3.05) is 29.0 Å². The molecule has 1 aromatic carbocycles. The lowest BCUT2D eigenvalue weighted by Gasteiger charge is -2.31. The number of rotatable bonds is 4. The van der Waals surface area contributed by atoms with E-state index in [9.17, 15) is 13.2 Å². The number of benzene rings is 1. The zero-order chi connectivity index (χ0) is 19.9. The molecule has 8 heteroatoms. The van der Waals surface area contributed by atoms with Crippen molar-refractivity contribution in [1.82, 2.24) is 9.55 Å². The van der Waals surface area contributed by atoms with Crippen LogP contribution in [0.2, 0.25) is 0 Å². The number of nitrogens with one attached hydrogen (secondary N) is 2. The second-order valence-corrected chi connectivity index (χ2v) is 9.13. The molecule has 28 heavy (non-hydrogen) atoms. The summed E-state index contributed by atoms with van der Waals surface area (Å²) in [5, 5.41) is 0.831. The van der Waals surface area contributed by atoms with Gasteiger partial charge in [-0.2, -0.15) is 0 Å². The van der Waals surface area contributed by atoms with E-state index in [0.29, 0.717) is 11.2 Å². The van der Waals surface area contributed by atoms with Crippen LogP contribution in [0.5, 0.6) is 0 Å². The summed E-state index contributed by atoms with van der Waals surface area (Å²) in [5.74, 6) is 0. The second kappa shape index (κ2) is 7.01. The molecule has 0 spiro atoms. The monoisotopic (exact) mass is 400 g/mol. The lowest BCUT2D eigenvalue weighted by Crippen LogP contribution is -2.30. The minimum Gasteiger partial charge on any atom is -0.371 e. The van der Waals surface area contributed by atoms with Crippen LogP contribution in [0.4, 0.5) is 11.4 Å². The molecule has 0 saturated carbocycles. The number of nitrogens with zero attached hydrogens (tertiary/aromatic N) is 2. The Bertz CT molecular complexity index is 1190. The summed E-state index contributed by atoms with van der Waals surface area (Å²) < 4.78 is 27.6. The number of pyridine rings is 1. The fourth-order valence-electron chi connectivity index (χ4n) is 3.92. The van der Waals surface area contributed by atoms with Gasteiger partial charge in [0.15, 0.2) is 0 Å². The molecule has 0 radical (unpaired) electrons. The molecule has 1 aliphatic rings. The third-order valence-electron chi connectivity index (χ3n) is 5.18. The van der Waals surface area contributed by atoms with Gasteiger partial charge in [0, 0.05) is 60.4 Å². The Balaban J connectivity index is 1.95. The van der Waals surface area contributed by atoms with Crippen LogP contribution in [0, 0.1) is 0 Å². The van der Waals surface area contributed by atoms with Crippen LogP contribution in [0.25, 0.3) is 22.0 Å². The van der Waals surface area contributed by atoms with E-state index < -0.39 is 10.0 Å². The predicted molar refractivity (Wildman–Crippen MR) is 114 cm³/mol. The molecule has 148 valence electrons. The molecule has 0 atom stereocenters. The molecule has 4 rings (SSSR count). The van der Waals surface area contributed by atoms with Gasteiger partial charge < -0.3 is 14.5 Å². The van der Waals surface area contributed by atoms with Gasteiger partial charge in [-0.05, 0) is 43.5 Å². The van der Waals surface area contributed by atoms with Crippen LogP contribution in [0.3, 0.4) is 0 Å². The number of H-pyrrole nitrogens is 1. The van der Waals surface area contributed by atoms with Crippen molar-refractivity contribution in [3.63, 3.8) is 0 Å². The molecule has 0 aliphatic carbocycles. The van der Waals surface area contributed by atoms with Crippen LogP contribution in [-0.4, -0.2) is 37.3 Å². The number of fused-ring (bicyclic) bond motifs is 1. The third kappa shape index (κ3) is 3.52. The van der Waals surface area contributed by atoms with Gasteiger partial charge >= 0.3 is 0 Å². The maximum Gasteiger partial charge on any atom is 0.274 e. The molecule has 0 bridgehead atoms. The largest absolute Gasteiger partial charge is 0.371 e. The molecule has 3 aromatic rings. The third-order valence-corrected chi connectivity index (χ3v) is 5.79. The van der Waals surface area contributed by atoms with E-state index in [4.69, 9.17) is 0 Å². The van der Waals surface area contributed by atoms with Gasteiger partial charge in [0.25, 0.3) is 5.56 Å². The first-order valence-electron chi connectivity index (χ1n) is 9.37. The lowest BCUT2D eigenvalue weighted by atomic mass is 9.99. The zero-order valence-electron chi connectivity index (χ0n) is 16.0. The van der Waals surface area contributed by atoms with Crippen LogP contribution < -0.4 is 15.2 Å². The van der Waals surface area contributed by atoms with Gasteiger partial charge in [0.2, 0.25) is 10.0 Å². The number of anilines is 2. The van der Waals surface area contributed by atoms with Crippen molar-refractivity contribution in [2.45, 2.75) is 19.3 Å². The van der Waals surface area contributed by atoms with Crippen LogP contribution >= 0.6 is 0 Å². The van der Waals surface area contributed by atoms with Crippen LogP contribution in [0.1, 0.15) is 19.3 Å². The van der Waals surface area contributed by atoms with Crippen molar-refractivity contribution < 1.29 is 8.42 Å². The van der Waals surface area contributed by atoms with E-state index in [1.165, 1.54) is 6.42 Å². The topological polar surface area (TPSA) is 87.2 Å². The Labute approximate surface area is 164 Å². The highest BCUT2D eigenvalue weighted by atomic mass is 32.2. The van der Waals surface area contributed by atoms with E-state index in [-0.39, 0.29) is 5.56 Å². The lowest BCUT2D eigenvalue weighted by molar-refractivity contribution is 0.578. The highest BCUT2D eigenvalue weighted by molar-refractivity contribution is 7.92. The SMILES string of the molecule is Cn1cc(-c2cc(NS(C)(=O)=O)ccc2N2CCCCC2)c2cc[nH]c2c1=O. The Kier molecular flexibility index (Phi) is 4.66. The molecular formula is C20H24N4O3S. The van der Waals surface area contributed by atoms with Gasteiger partial charge in [0.05, 0.1) is 6.26 Å².